The third-order valence-corrected chi connectivity index (χ3v) is 2.54. The molecule has 0 aliphatic heterocycles. The van der Waals surface area contributed by atoms with Crippen LogP contribution in [0.1, 0.15) is 41.5 Å². The van der Waals surface area contributed by atoms with Gasteiger partial charge in [0.1, 0.15) is 0 Å². The zero-order chi connectivity index (χ0) is 12.5. The summed E-state index contributed by atoms with van der Waals surface area (Å²) in [4.78, 5) is 0. The van der Waals surface area contributed by atoms with E-state index in [1.807, 2.05) is 20.8 Å². The summed E-state index contributed by atoms with van der Waals surface area (Å²) < 4.78 is 42.9. The molecule has 1 atom stereocenters. The van der Waals surface area contributed by atoms with Crippen molar-refractivity contribution >= 4 is 0 Å². The van der Waals surface area contributed by atoms with Gasteiger partial charge in [0.25, 0.3) is 0 Å². The van der Waals surface area contributed by atoms with Gasteiger partial charge in [0.2, 0.25) is 0 Å². The second-order valence-corrected chi connectivity index (χ2v) is 5.65. The molecule has 0 N–H and O–H groups in total. The highest BCUT2D eigenvalue weighted by Gasteiger charge is 2.45. The second kappa shape index (κ2) is 4.32. The van der Waals surface area contributed by atoms with Crippen LogP contribution in [0, 0.1) is 11.3 Å². The summed E-state index contributed by atoms with van der Waals surface area (Å²) in [7, 11) is 0. The van der Waals surface area contributed by atoms with Crippen LogP contribution in [0.25, 0.3) is 0 Å². The number of hydrogen-bond acceptors (Lipinski definition) is 1. The molecule has 0 heterocycles. The van der Waals surface area contributed by atoms with Crippen LogP contribution < -0.4 is 0 Å². The first kappa shape index (κ1) is 14.8. The average Bonchev–Trinajstić information content (AvgIpc) is 1.97. The Kier molecular flexibility index (Phi) is 4.25. The number of rotatable bonds is 3. The van der Waals surface area contributed by atoms with Crippen LogP contribution in [0.5, 0.6) is 0 Å². The van der Waals surface area contributed by atoms with Crippen LogP contribution in [-0.2, 0) is 4.74 Å². The Balaban J connectivity index is 4.43. The normalized spacial score (nSPS) is 16.6. The Labute approximate surface area is 90.0 Å². The van der Waals surface area contributed by atoms with E-state index in [4.69, 9.17) is 4.74 Å². The molecule has 0 saturated heterocycles. The van der Waals surface area contributed by atoms with E-state index in [0.717, 1.165) is 0 Å². The highest BCUT2D eigenvalue weighted by atomic mass is 19.4. The molecule has 0 radical (unpaired) electrons. The standard InChI is InChI=1S/C11H21F3O/c1-8(11(12,13)14)10(5,6)7-15-9(2,3)4/h8H,7H2,1-6H3. The lowest BCUT2D eigenvalue weighted by Crippen LogP contribution is -2.39. The predicted octanol–water partition coefficient (Wildman–Crippen LogP) is 4.03. The summed E-state index contributed by atoms with van der Waals surface area (Å²) in [6, 6.07) is 0. The minimum absolute atomic E-state index is 0.108. The maximum atomic E-state index is 12.5. The molecular formula is C11H21F3O. The first-order chi connectivity index (χ1) is 6.36. The summed E-state index contributed by atoms with van der Waals surface area (Å²) in [5.74, 6) is -1.37. The Morgan fingerprint density at radius 1 is 1.00 bits per heavy atom. The summed E-state index contributed by atoms with van der Waals surface area (Å²) in [6.07, 6.45) is -4.16. The van der Waals surface area contributed by atoms with Crippen molar-refractivity contribution in [3.8, 4) is 0 Å². The monoisotopic (exact) mass is 226 g/mol. The van der Waals surface area contributed by atoms with E-state index in [2.05, 4.69) is 0 Å². The Morgan fingerprint density at radius 3 is 1.67 bits per heavy atom. The molecule has 0 aromatic carbocycles. The fourth-order valence-corrected chi connectivity index (χ4v) is 0.971. The Morgan fingerprint density at radius 2 is 1.40 bits per heavy atom. The van der Waals surface area contributed by atoms with Crippen LogP contribution in [-0.4, -0.2) is 18.4 Å². The van der Waals surface area contributed by atoms with Gasteiger partial charge in [-0.15, -0.1) is 0 Å². The van der Waals surface area contributed by atoms with E-state index in [-0.39, 0.29) is 6.61 Å². The van der Waals surface area contributed by atoms with Gasteiger partial charge in [0.05, 0.1) is 18.1 Å². The van der Waals surface area contributed by atoms with Gasteiger partial charge in [-0.2, -0.15) is 13.2 Å². The lowest BCUT2D eigenvalue weighted by molar-refractivity contribution is -0.209. The largest absolute Gasteiger partial charge is 0.392 e. The maximum absolute atomic E-state index is 12.5. The van der Waals surface area contributed by atoms with Crippen molar-refractivity contribution in [3.05, 3.63) is 0 Å². The molecule has 0 saturated carbocycles. The highest BCUT2D eigenvalue weighted by molar-refractivity contribution is 4.81. The van der Waals surface area contributed by atoms with Crippen molar-refractivity contribution in [2.24, 2.45) is 11.3 Å². The van der Waals surface area contributed by atoms with Crippen LogP contribution in [0.2, 0.25) is 0 Å². The summed E-state index contributed by atoms with van der Waals surface area (Å²) in [5.41, 5.74) is -1.30. The van der Waals surface area contributed by atoms with E-state index in [9.17, 15) is 13.2 Å². The fraction of sp³-hybridized carbons (Fsp3) is 1.00. The van der Waals surface area contributed by atoms with Gasteiger partial charge in [-0.25, -0.2) is 0 Å². The van der Waals surface area contributed by atoms with Crippen molar-refractivity contribution in [1.29, 1.82) is 0 Å². The third kappa shape index (κ3) is 5.40. The van der Waals surface area contributed by atoms with Gasteiger partial charge < -0.3 is 4.74 Å². The van der Waals surface area contributed by atoms with Gasteiger partial charge in [-0.3, -0.25) is 0 Å². The zero-order valence-corrected chi connectivity index (χ0v) is 10.3. The molecule has 92 valence electrons. The molecule has 1 unspecified atom stereocenters. The van der Waals surface area contributed by atoms with Crippen molar-refractivity contribution in [2.45, 2.75) is 53.3 Å². The van der Waals surface area contributed by atoms with E-state index in [0.29, 0.717) is 0 Å². The van der Waals surface area contributed by atoms with Crippen LogP contribution in [0.4, 0.5) is 13.2 Å². The van der Waals surface area contributed by atoms with Gasteiger partial charge in [0.15, 0.2) is 0 Å². The summed E-state index contributed by atoms with van der Waals surface area (Å²) in [6.45, 7) is 9.97. The molecular weight excluding hydrogens is 205 g/mol. The maximum Gasteiger partial charge on any atom is 0.392 e. The van der Waals surface area contributed by atoms with Crippen LogP contribution >= 0.6 is 0 Å². The third-order valence-electron chi connectivity index (χ3n) is 2.54. The Hall–Kier alpha value is -0.250. The molecule has 0 fully saturated rings. The molecule has 0 aromatic heterocycles. The number of hydrogen-bond donors (Lipinski definition) is 0. The SMILES string of the molecule is CC(C(F)(F)F)C(C)(C)COC(C)(C)C. The van der Waals surface area contributed by atoms with Crippen molar-refractivity contribution < 1.29 is 17.9 Å². The topological polar surface area (TPSA) is 9.23 Å². The van der Waals surface area contributed by atoms with E-state index in [1.54, 1.807) is 13.8 Å². The molecule has 4 heteroatoms. The molecule has 0 rings (SSSR count). The van der Waals surface area contributed by atoms with E-state index >= 15 is 0 Å². The number of alkyl halides is 3. The number of halogens is 3. The smallest absolute Gasteiger partial charge is 0.375 e. The quantitative estimate of drug-likeness (QED) is 0.706. The fourth-order valence-electron chi connectivity index (χ4n) is 0.971. The predicted molar refractivity (Wildman–Crippen MR) is 54.7 cm³/mol. The molecule has 0 spiro atoms. The molecule has 0 amide bonds. The van der Waals surface area contributed by atoms with Crippen molar-refractivity contribution in [2.75, 3.05) is 6.61 Å². The molecule has 1 nitrogen and oxygen atoms in total. The molecule has 0 aliphatic rings. The lowest BCUT2D eigenvalue weighted by Gasteiger charge is -2.35. The summed E-state index contributed by atoms with van der Waals surface area (Å²) in [5, 5.41) is 0. The molecule has 15 heavy (non-hydrogen) atoms. The highest BCUT2D eigenvalue weighted by Crippen LogP contribution is 2.40. The van der Waals surface area contributed by atoms with Crippen LogP contribution in [0.15, 0.2) is 0 Å². The minimum atomic E-state index is -4.16. The number of ether oxygens (including phenoxy) is 1. The summed E-state index contributed by atoms with van der Waals surface area (Å²) >= 11 is 0. The van der Waals surface area contributed by atoms with Gasteiger partial charge in [-0.1, -0.05) is 20.8 Å². The first-order valence-corrected chi connectivity index (χ1v) is 5.07. The van der Waals surface area contributed by atoms with E-state index in [1.165, 1.54) is 6.92 Å². The Bertz CT molecular complexity index is 201. The van der Waals surface area contributed by atoms with Gasteiger partial charge in [0, 0.05) is 0 Å². The van der Waals surface area contributed by atoms with Crippen LogP contribution in [0.3, 0.4) is 0 Å². The second-order valence-electron chi connectivity index (χ2n) is 5.65. The first-order valence-electron chi connectivity index (χ1n) is 5.07. The van der Waals surface area contributed by atoms with Gasteiger partial charge >= 0.3 is 6.18 Å². The zero-order valence-electron chi connectivity index (χ0n) is 10.3. The molecule has 0 aromatic rings. The minimum Gasteiger partial charge on any atom is -0.375 e. The van der Waals surface area contributed by atoms with Gasteiger partial charge in [-0.05, 0) is 26.2 Å². The van der Waals surface area contributed by atoms with Crippen molar-refractivity contribution in [3.63, 3.8) is 0 Å². The molecule has 0 aliphatic carbocycles. The average molecular weight is 226 g/mol. The van der Waals surface area contributed by atoms with Crippen molar-refractivity contribution in [1.82, 2.24) is 0 Å². The van der Waals surface area contributed by atoms with E-state index < -0.39 is 23.1 Å². The molecule has 0 bridgehead atoms. The lowest BCUT2D eigenvalue weighted by atomic mass is 9.80.